The van der Waals surface area contributed by atoms with Gasteiger partial charge in [-0.1, -0.05) is 50.1 Å². The fourth-order valence-corrected chi connectivity index (χ4v) is 2.76. The summed E-state index contributed by atoms with van der Waals surface area (Å²) in [5.41, 5.74) is 1.23. The fraction of sp³-hybridized carbons (Fsp3) is 0.615. The van der Waals surface area contributed by atoms with Gasteiger partial charge in [0.2, 0.25) is 0 Å². The van der Waals surface area contributed by atoms with Crippen LogP contribution in [0.15, 0.2) is 18.5 Å². The summed E-state index contributed by atoms with van der Waals surface area (Å²) >= 11 is 8.13. The molecule has 0 saturated heterocycles. The molecule has 1 nitrogen and oxygen atoms in total. The van der Waals surface area contributed by atoms with Crippen molar-refractivity contribution in [2.24, 2.45) is 0 Å². The molecule has 1 aromatic rings. The molecule has 0 aromatic carbocycles. The Hall–Kier alpha value is -0.210. The largest absolute Gasteiger partial charge is 0.194 e. The Morgan fingerprint density at radius 1 is 1.31 bits per heavy atom. The summed E-state index contributed by atoms with van der Waals surface area (Å²) in [6, 6.07) is 2.12. The number of hydrogen-bond acceptors (Lipinski definition) is 1. The molecular formula is C13H21ClNS+. The Balaban J connectivity index is 2.34. The summed E-state index contributed by atoms with van der Waals surface area (Å²) in [6.07, 6.45) is 9.12. The minimum atomic E-state index is 0.888. The molecule has 90 valence electrons. The summed E-state index contributed by atoms with van der Waals surface area (Å²) in [5, 5.41) is 0.888. The van der Waals surface area contributed by atoms with Gasteiger partial charge in [-0.25, -0.2) is 0 Å². The maximum Gasteiger partial charge on any atom is 0.194 e. The molecule has 1 aromatic heterocycles. The van der Waals surface area contributed by atoms with Crippen LogP contribution in [0.2, 0.25) is 5.02 Å². The summed E-state index contributed by atoms with van der Waals surface area (Å²) in [6.45, 7) is 4.37. The molecule has 0 bridgehead atoms. The second-order valence-electron chi connectivity index (χ2n) is 3.93. The van der Waals surface area contributed by atoms with Crippen LogP contribution in [0.25, 0.3) is 0 Å². The van der Waals surface area contributed by atoms with Crippen LogP contribution in [0.1, 0.15) is 38.7 Å². The molecule has 0 radical (unpaired) electrons. The van der Waals surface area contributed by atoms with E-state index < -0.39 is 0 Å². The van der Waals surface area contributed by atoms with E-state index in [1.54, 1.807) is 0 Å². The first kappa shape index (κ1) is 13.9. The van der Waals surface area contributed by atoms with E-state index >= 15 is 0 Å². The number of thioether (sulfide) groups is 1. The molecule has 3 heteroatoms. The summed E-state index contributed by atoms with van der Waals surface area (Å²) in [7, 11) is 0. The quantitative estimate of drug-likeness (QED) is 0.527. The van der Waals surface area contributed by atoms with Gasteiger partial charge < -0.3 is 0 Å². The SMILES string of the molecule is CCCCCSC[n+]1ccc(CC)c(Cl)c1. The van der Waals surface area contributed by atoms with Crippen molar-refractivity contribution in [3.05, 3.63) is 29.0 Å². The Kier molecular flexibility index (Phi) is 6.90. The monoisotopic (exact) mass is 258 g/mol. The molecule has 0 N–H and O–H groups in total. The normalized spacial score (nSPS) is 10.7. The van der Waals surface area contributed by atoms with Crippen molar-refractivity contribution in [1.82, 2.24) is 0 Å². The molecule has 16 heavy (non-hydrogen) atoms. The van der Waals surface area contributed by atoms with Gasteiger partial charge in [0.05, 0.1) is 0 Å². The van der Waals surface area contributed by atoms with E-state index in [9.17, 15) is 0 Å². The Labute approximate surface area is 108 Å². The highest BCUT2D eigenvalue weighted by atomic mass is 35.5. The number of aryl methyl sites for hydroxylation is 1. The molecule has 0 aliphatic rings. The second-order valence-corrected chi connectivity index (χ2v) is 5.41. The lowest BCUT2D eigenvalue weighted by atomic mass is 10.2. The predicted octanol–water partition coefficient (Wildman–Crippen LogP) is 4.07. The number of aromatic nitrogens is 1. The first-order valence-corrected chi connectivity index (χ1v) is 7.56. The van der Waals surface area contributed by atoms with E-state index in [4.69, 9.17) is 11.6 Å². The van der Waals surface area contributed by atoms with Crippen molar-refractivity contribution in [3.63, 3.8) is 0 Å². The van der Waals surface area contributed by atoms with Crippen molar-refractivity contribution in [2.75, 3.05) is 5.75 Å². The number of nitrogens with zero attached hydrogens (tertiary/aromatic N) is 1. The highest BCUT2D eigenvalue weighted by molar-refractivity contribution is 7.98. The van der Waals surface area contributed by atoms with Crippen LogP contribution in [0.3, 0.4) is 0 Å². The molecule has 0 amide bonds. The Bertz CT molecular complexity index is 315. The number of pyridine rings is 1. The minimum Gasteiger partial charge on any atom is -0.194 e. The van der Waals surface area contributed by atoms with E-state index in [1.807, 2.05) is 18.0 Å². The third kappa shape index (κ3) is 4.75. The van der Waals surface area contributed by atoms with Crippen molar-refractivity contribution >= 4 is 23.4 Å². The van der Waals surface area contributed by atoms with E-state index in [0.29, 0.717) is 0 Å². The van der Waals surface area contributed by atoms with Gasteiger partial charge in [-0.15, -0.1) is 0 Å². The van der Waals surface area contributed by atoms with E-state index in [-0.39, 0.29) is 0 Å². The lowest BCUT2D eigenvalue weighted by molar-refractivity contribution is -0.675. The first-order chi connectivity index (χ1) is 7.77. The zero-order valence-electron chi connectivity index (χ0n) is 10.2. The third-order valence-corrected chi connectivity index (χ3v) is 3.97. The van der Waals surface area contributed by atoms with Gasteiger partial charge in [-0.05, 0) is 24.2 Å². The minimum absolute atomic E-state index is 0.888. The summed E-state index contributed by atoms with van der Waals surface area (Å²) < 4.78 is 2.16. The standard InChI is InChI=1S/C13H21ClNS/c1-3-5-6-9-16-11-15-8-7-12(4-2)13(14)10-15/h7-8,10H,3-6,9,11H2,1-2H3/q+1. The van der Waals surface area contributed by atoms with Gasteiger partial charge >= 0.3 is 0 Å². The fourth-order valence-electron chi connectivity index (χ4n) is 1.53. The lowest BCUT2D eigenvalue weighted by Gasteiger charge is -2.01. The Morgan fingerprint density at radius 2 is 2.12 bits per heavy atom. The highest BCUT2D eigenvalue weighted by Crippen LogP contribution is 2.13. The van der Waals surface area contributed by atoms with Gasteiger partial charge in [0, 0.05) is 6.07 Å². The van der Waals surface area contributed by atoms with Crippen LogP contribution in [0.5, 0.6) is 0 Å². The molecule has 0 spiro atoms. The molecule has 0 fully saturated rings. The van der Waals surface area contributed by atoms with Crippen molar-refractivity contribution in [2.45, 2.75) is 45.4 Å². The van der Waals surface area contributed by atoms with Crippen LogP contribution in [0.4, 0.5) is 0 Å². The number of hydrogen-bond donors (Lipinski definition) is 0. The third-order valence-electron chi connectivity index (χ3n) is 2.57. The molecule has 0 atom stereocenters. The van der Waals surface area contributed by atoms with Gasteiger partial charge in [0.15, 0.2) is 18.3 Å². The lowest BCUT2D eigenvalue weighted by Crippen LogP contribution is -2.31. The highest BCUT2D eigenvalue weighted by Gasteiger charge is 2.05. The molecule has 1 heterocycles. The smallest absolute Gasteiger partial charge is 0.194 e. The van der Waals surface area contributed by atoms with E-state index in [0.717, 1.165) is 17.3 Å². The molecule has 0 unspecified atom stereocenters. The molecule has 0 aliphatic heterocycles. The van der Waals surface area contributed by atoms with Gasteiger partial charge in [-0.3, -0.25) is 0 Å². The van der Waals surface area contributed by atoms with Crippen LogP contribution in [0, 0.1) is 0 Å². The van der Waals surface area contributed by atoms with Crippen LogP contribution < -0.4 is 4.57 Å². The molecule has 0 saturated carbocycles. The van der Waals surface area contributed by atoms with Gasteiger partial charge in [-0.2, -0.15) is 4.57 Å². The average molecular weight is 259 g/mol. The first-order valence-electron chi connectivity index (χ1n) is 6.03. The molecule has 0 aliphatic carbocycles. The van der Waals surface area contributed by atoms with Gasteiger partial charge in [0.25, 0.3) is 0 Å². The van der Waals surface area contributed by atoms with Crippen molar-refractivity contribution < 1.29 is 4.57 Å². The second kappa shape index (κ2) is 7.97. The maximum absolute atomic E-state index is 6.16. The summed E-state index contributed by atoms with van der Waals surface area (Å²) in [4.78, 5) is 0. The number of rotatable bonds is 7. The van der Waals surface area contributed by atoms with Crippen molar-refractivity contribution in [3.8, 4) is 0 Å². The molecule has 1 rings (SSSR count). The number of halogens is 1. The molecular weight excluding hydrogens is 238 g/mol. The maximum atomic E-state index is 6.16. The van der Waals surface area contributed by atoms with E-state index in [2.05, 4.69) is 30.7 Å². The van der Waals surface area contributed by atoms with Crippen LogP contribution >= 0.6 is 23.4 Å². The summed E-state index contributed by atoms with van der Waals surface area (Å²) in [5.74, 6) is 2.25. The van der Waals surface area contributed by atoms with Crippen LogP contribution in [-0.4, -0.2) is 5.75 Å². The average Bonchev–Trinajstić information content (AvgIpc) is 2.29. The van der Waals surface area contributed by atoms with Crippen LogP contribution in [-0.2, 0) is 12.3 Å². The predicted molar refractivity (Wildman–Crippen MR) is 73.0 cm³/mol. The van der Waals surface area contributed by atoms with E-state index in [1.165, 1.54) is 30.6 Å². The Morgan fingerprint density at radius 3 is 2.75 bits per heavy atom. The topological polar surface area (TPSA) is 3.88 Å². The zero-order valence-corrected chi connectivity index (χ0v) is 11.8. The zero-order chi connectivity index (χ0) is 11.8. The van der Waals surface area contributed by atoms with Crippen molar-refractivity contribution in [1.29, 1.82) is 0 Å². The number of unbranched alkanes of at least 4 members (excludes halogenated alkanes) is 2. The van der Waals surface area contributed by atoms with Gasteiger partial charge in [0.1, 0.15) is 5.02 Å².